The second-order valence-electron chi connectivity index (χ2n) is 14.3. The first kappa shape index (κ1) is 32.4. The summed E-state index contributed by atoms with van der Waals surface area (Å²) in [7, 11) is -7.76. The molecule has 2 aromatic rings. The van der Waals surface area contributed by atoms with Crippen molar-refractivity contribution in [1.29, 1.82) is 0 Å². The summed E-state index contributed by atoms with van der Waals surface area (Å²) in [6.07, 6.45) is 3.26. The van der Waals surface area contributed by atoms with Crippen molar-refractivity contribution in [3.8, 4) is 11.5 Å². The molecule has 3 rings (SSSR count). The molecule has 9 heteroatoms. The molecular formula is C31H50N2O4SSi2. The predicted octanol–water partition coefficient (Wildman–Crippen LogP) is 8.76. The van der Waals surface area contributed by atoms with Gasteiger partial charge in [0.15, 0.2) is 0 Å². The van der Waals surface area contributed by atoms with E-state index in [9.17, 15) is 8.42 Å². The fraction of sp³-hybridized carbons (Fsp3) is 0.581. The number of rotatable bonds is 8. The maximum absolute atomic E-state index is 12.7. The average molecular weight is 603 g/mol. The molecule has 1 fully saturated rings. The largest absolute Gasteiger partial charge is 0.543 e. The third-order valence-electron chi connectivity index (χ3n) is 8.99. The van der Waals surface area contributed by atoms with Crippen molar-refractivity contribution in [3.63, 3.8) is 0 Å². The van der Waals surface area contributed by atoms with Gasteiger partial charge in [-0.25, -0.2) is 4.83 Å². The topological polar surface area (TPSA) is 77.0 Å². The van der Waals surface area contributed by atoms with E-state index in [2.05, 4.69) is 95.9 Å². The molecule has 0 radical (unpaired) electrons. The molecule has 0 aliphatic heterocycles. The van der Waals surface area contributed by atoms with Gasteiger partial charge in [0.2, 0.25) is 16.6 Å². The molecule has 0 unspecified atom stereocenters. The Morgan fingerprint density at radius 1 is 0.825 bits per heavy atom. The molecule has 0 atom stereocenters. The van der Waals surface area contributed by atoms with E-state index in [0.717, 1.165) is 48.5 Å². The standard InChI is InChI=1S/C31H50N2O4SSi2/c1-23-12-19-27(20-13-23)38(34,35)33-32-25-16-14-24(15-17-25)28-21-18-26(36-39(8,9)30(2,3)4)22-29(28)37-40(10,11)31(5,6)7/h12-13,18-22,24,33H,14-17H2,1-11H3. The first-order valence-electron chi connectivity index (χ1n) is 14.4. The predicted molar refractivity (Wildman–Crippen MR) is 172 cm³/mol. The zero-order chi connectivity index (χ0) is 30.1. The van der Waals surface area contributed by atoms with Gasteiger partial charge in [-0.3, -0.25) is 0 Å². The van der Waals surface area contributed by atoms with Crippen molar-refractivity contribution in [2.24, 2.45) is 5.10 Å². The summed E-state index contributed by atoms with van der Waals surface area (Å²) in [6, 6.07) is 13.2. The van der Waals surface area contributed by atoms with Crippen molar-refractivity contribution >= 4 is 32.4 Å². The number of nitrogens with zero attached hydrogens (tertiary/aromatic N) is 1. The van der Waals surface area contributed by atoms with E-state index in [1.54, 1.807) is 24.3 Å². The summed E-state index contributed by atoms with van der Waals surface area (Å²) in [6.45, 7) is 24.6. The van der Waals surface area contributed by atoms with Crippen LogP contribution in [0.2, 0.25) is 36.3 Å². The van der Waals surface area contributed by atoms with Crippen LogP contribution in [0.4, 0.5) is 0 Å². The molecule has 6 nitrogen and oxygen atoms in total. The third-order valence-corrected chi connectivity index (χ3v) is 18.9. The normalized spacial score (nSPS) is 17.4. The van der Waals surface area contributed by atoms with Gasteiger partial charge < -0.3 is 8.85 Å². The third kappa shape index (κ3) is 7.79. The number of nitrogens with one attached hydrogen (secondary N) is 1. The lowest BCUT2D eigenvalue weighted by Crippen LogP contribution is -2.44. The summed E-state index contributed by atoms with van der Waals surface area (Å²) < 4.78 is 39.0. The lowest BCUT2D eigenvalue weighted by atomic mass is 9.83. The maximum Gasteiger partial charge on any atom is 0.276 e. The lowest BCUT2D eigenvalue weighted by molar-refractivity contribution is 0.460. The van der Waals surface area contributed by atoms with Gasteiger partial charge in [-0.15, -0.1) is 0 Å². The number of aryl methyl sites for hydroxylation is 1. The van der Waals surface area contributed by atoms with Crippen LogP contribution in [0.25, 0.3) is 0 Å². The monoisotopic (exact) mass is 602 g/mol. The Balaban J connectivity index is 1.82. The van der Waals surface area contributed by atoms with E-state index < -0.39 is 26.7 Å². The highest BCUT2D eigenvalue weighted by molar-refractivity contribution is 7.89. The van der Waals surface area contributed by atoms with Crippen LogP contribution in [0.5, 0.6) is 11.5 Å². The second kappa shape index (κ2) is 11.6. The maximum atomic E-state index is 12.7. The Morgan fingerprint density at radius 2 is 1.35 bits per heavy atom. The molecule has 0 heterocycles. The fourth-order valence-electron chi connectivity index (χ4n) is 4.15. The van der Waals surface area contributed by atoms with Crippen LogP contribution >= 0.6 is 0 Å². The van der Waals surface area contributed by atoms with E-state index in [-0.39, 0.29) is 15.0 Å². The first-order chi connectivity index (χ1) is 18.2. The van der Waals surface area contributed by atoms with Crippen LogP contribution in [0.3, 0.4) is 0 Å². The molecule has 1 N–H and O–H groups in total. The van der Waals surface area contributed by atoms with Crippen molar-refractivity contribution in [2.75, 3.05) is 0 Å². The zero-order valence-electron chi connectivity index (χ0n) is 26.4. The van der Waals surface area contributed by atoms with Crippen molar-refractivity contribution < 1.29 is 17.3 Å². The second-order valence-corrected chi connectivity index (χ2v) is 25.4. The summed E-state index contributed by atoms with van der Waals surface area (Å²) >= 11 is 0. The summed E-state index contributed by atoms with van der Waals surface area (Å²) in [5.74, 6) is 2.13. The average Bonchev–Trinajstić information content (AvgIpc) is 2.82. The van der Waals surface area contributed by atoms with Gasteiger partial charge in [0, 0.05) is 11.8 Å². The molecule has 0 spiro atoms. The van der Waals surface area contributed by atoms with Crippen LogP contribution in [0, 0.1) is 6.92 Å². The van der Waals surface area contributed by atoms with Gasteiger partial charge in [0.05, 0.1) is 4.90 Å². The van der Waals surface area contributed by atoms with Crippen molar-refractivity contribution in [3.05, 3.63) is 53.6 Å². The van der Waals surface area contributed by atoms with Crippen molar-refractivity contribution in [2.45, 2.75) is 121 Å². The number of sulfonamides is 1. The van der Waals surface area contributed by atoms with Gasteiger partial charge in [-0.05, 0) is 98.6 Å². The van der Waals surface area contributed by atoms with Crippen LogP contribution < -0.4 is 13.7 Å². The molecule has 0 aromatic heterocycles. The molecule has 40 heavy (non-hydrogen) atoms. The van der Waals surface area contributed by atoms with Crippen LogP contribution in [-0.4, -0.2) is 30.8 Å². The van der Waals surface area contributed by atoms with Gasteiger partial charge in [0.25, 0.3) is 10.0 Å². The molecule has 222 valence electrons. The lowest BCUT2D eigenvalue weighted by Gasteiger charge is -2.39. The quantitative estimate of drug-likeness (QED) is 0.242. The molecule has 0 amide bonds. The summed E-state index contributed by atoms with van der Waals surface area (Å²) in [5, 5.41) is 4.49. The molecule has 1 saturated carbocycles. The Kier molecular flexibility index (Phi) is 9.43. The van der Waals surface area contributed by atoms with Crippen LogP contribution in [0.15, 0.2) is 52.5 Å². The highest BCUT2D eigenvalue weighted by Gasteiger charge is 2.41. The molecule has 0 saturated heterocycles. The Labute approximate surface area is 245 Å². The molecule has 1 aliphatic carbocycles. The highest BCUT2D eigenvalue weighted by Crippen LogP contribution is 2.44. The number of hydrogen-bond donors (Lipinski definition) is 1. The van der Waals surface area contributed by atoms with Gasteiger partial charge >= 0.3 is 0 Å². The van der Waals surface area contributed by atoms with E-state index >= 15 is 0 Å². The molecule has 1 aliphatic rings. The minimum Gasteiger partial charge on any atom is -0.543 e. The highest BCUT2D eigenvalue weighted by atomic mass is 32.2. The number of hydrazone groups is 1. The molecule has 0 bridgehead atoms. The van der Waals surface area contributed by atoms with Gasteiger partial charge in [0.1, 0.15) is 11.5 Å². The van der Waals surface area contributed by atoms with E-state index in [0.29, 0.717) is 5.92 Å². The SMILES string of the molecule is Cc1ccc(S(=O)(=O)NN=C2CCC(c3ccc(O[Si](C)(C)C(C)(C)C)cc3O[Si](C)(C)C(C)(C)C)CC2)cc1. The Morgan fingerprint density at radius 3 is 1.88 bits per heavy atom. The zero-order valence-corrected chi connectivity index (χ0v) is 29.3. The smallest absolute Gasteiger partial charge is 0.276 e. The van der Waals surface area contributed by atoms with Crippen molar-refractivity contribution in [1.82, 2.24) is 4.83 Å². The summed E-state index contributed by atoms with van der Waals surface area (Å²) in [4.78, 5) is 2.67. The van der Waals surface area contributed by atoms with Gasteiger partial charge in [-0.1, -0.05) is 65.3 Å². The number of benzene rings is 2. The fourth-order valence-corrected chi connectivity index (χ4v) is 7.05. The van der Waals surface area contributed by atoms with Crippen LogP contribution in [-0.2, 0) is 10.0 Å². The minimum absolute atomic E-state index is 0.0710. The molecule has 2 aromatic carbocycles. The van der Waals surface area contributed by atoms with Crippen LogP contribution in [0.1, 0.15) is 84.3 Å². The van der Waals surface area contributed by atoms with E-state index in [1.165, 1.54) is 5.56 Å². The molecular weight excluding hydrogens is 553 g/mol. The Bertz CT molecular complexity index is 1310. The Hall–Kier alpha value is -2.11. The van der Waals surface area contributed by atoms with E-state index in [1.807, 2.05) is 6.92 Å². The van der Waals surface area contributed by atoms with E-state index in [4.69, 9.17) is 8.85 Å². The minimum atomic E-state index is -3.68. The number of hydrogen-bond acceptors (Lipinski definition) is 5. The first-order valence-corrected chi connectivity index (χ1v) is 21.7. The summed E-state index contributed by atoms with van der Waals surface area (Å²) in [5.41, 5.74) is 3.11. The van der Waals surface area contributed by atoms with Gasteiger partial charge in [-0.2, -0.15) is 13.5 Å².